The zero-order valence-corrected chi connectivity index (χ0v) is 8.69. The number of carboxylic acids is 1. The zero-order chi connectivity index (χ0) is 11.4. The van der Waals surface area contributed by atoms with Crippen molar-refractivity contribution < 1.29 is 9.90 Å². The van der Waals surface area contributed by atoms with E-state index in [1.807, 2.05) is 6.92 Å². The predicted octanol–water partition coefficient (Wildman–Crippen LogP) is 1.47. The van der Waals surface area contributed by atoms with Gasteiger partial charge in [0.15, 0.2) is 5.69 Å². The Balaban J connectivity index is 2.98. The first kappa shape index (κ1) is 11.2. The lowest BCUT2D eigenvalue weighted by Gasteiger charge is -2.09. The first-order valence-corrected chi connectivity index (χ1v) is 4.51. The lowest BCUT2D eigenvalue weighted by atomic mass is 10.3. The van der Waals surface area contributed by atoms with E-state index in [0.29, 0.717) is 11.6 Å². The highest BCUT2D eigenvalue weighted by Crippen LogP contribution is 2.06. The summed E-state index contributed by atoms with van der Waals surface area (Å²) in [4.78, 5) is 18.6. The number of carbonyl (C=O) groups is 1. The Hall–Kier alpha value is -1.91. The molecule has 1 rings (SSSR count). The van der Waals surface area contributed by atoms with Gasteiger partial charge in [0, 0.05) is 11.7 Å². The van der Waals surface area contributed by atoms with E-state index < -0.39 is 5.97 Å². The molecule has 0 aliphatic heterocycles. The number of hydrogen-bond acceptors (Lipinski definition) is 4. The Morgan fingerprint density at radius 3 is 2.87 bits per heavy atom. The molecular weight excluding hydrogens is 194 g/mol. The summed E-state index contributed by atoms with van der Waals surface area (Å²) in [6.07, 6.45) is 1.69. The molecule has 15 heavy (non-hydrogen) atoms. The second-order valence-electron chi connectivity index (χ2n) is 3.19. The lowest BCUT2D eigenvalue weighted by molar-refractivity contribution is 0.0690. The third kappa shape index (κ3) is 3.05. The van der Waals surface area contributed by atoms with E-state index in [1.54, 1.807) is 13.0 Å². The molecule has 5 heteroatoms. The number of rotatable bonds is 4. The van der Waals surface area contributed by atoms with Crippen LogP contribution in [0.1, 0.15) is 23.1 Å². The van der Waals surface area contributed by atoms with E-state index in [-0.39, 0.29) is 11.7 Å². The number of aryl methyl sites for hydroxylation is 1. The topological polar surface area (TPSA) is 75.1 Å². The van der Waals surface area contributed by atoms with Gasteiger partial charge in [0.2, 0.25) is 5.95 Å². The van der Waals surface area contributed by atoms with Crippen LogP contribution in [0.3, 0.4) is 0 Å². The Morgan fingerprint density at radius 2 is 2.33 bits per heavy atom. The molecule has 0 saturated heterocycles. The molecule has 0 amide bonds. The van der Waals surface area contributed by atoms with Crippen LogP contribution in [0, 0.1) is 6.92 Å². The number of nitrogens with one attached hydrogen (secondary N) is 1. The number of hydrogen-bond donors (Lipinski definition) is 2. The molecule has 1 aromatic rings. The van der Waals surface area contributed by atoms with Crippen LogP contribution in [-0.4, -0.2) is 27.1 Å². The van der Waals surface area contributed by atoms with Gasteiger partial charge < -0.3 is 10.4 Å². The molecule has 0 aliphatic rings. The van der Waals surface area contributed by atoms with E-state index >= 15 is 0 Å². The Bertz CT molecular complexity index is 390. The van der Waals surface area contributed by atoms with E-state index in [2.05, 4.69) is 21.9 Å². The standard InChI is InChI=1S/C10H13N3O2/c1-4-6(2)11-10-12-7(3)5-8(13-10)9(14)15/h4-6H,1H2,2-3H3,(H,14,15)(H,11,12,13). The number of aromatic nitrogens is 2. The lowest BCUT2D eigenvalue weighted by Crippen LogP contribution is -2.16. The van der Waals surface area contributed by atoms with E-state index in [4.69, 9.17) is 5.11 Å². The van der Waals surface area contributed by atoms with Crippen LogP contribution >= 0.6 is 0 Å². The molecule has 0 aliphatic carbocycles. The van der Waals surface area contributed by atoms with Crippen LogP contribution in [-0.2, 0) is 0 Å². The van der Waals surface area contributed by atoms with Crippen LogP contribution in [0.25, 0.3) is 0 Å². The van der Waals surface area contributed by atoms with Gasteiger partial charge in [-0.25, -0.2) is 14.8 Å². The van der Waals surface area contributed by atoms with Crippen molar-refractivity contribution >= 4 is 11.9 Å². The van der Waals surface area contributed by atoms with Crippen molar-refractivity contribution in [1.29, 1.82) is 0 Å². The third-order valence-electron chi connectivity index (χ3n) is 1.78. The summed E-state index contributed by atoms with van der Waals surface area (Å²) < 4.78 is 0. The molecule has 80 valence electrons. The summed E-state index contributed by atoms with van der Waals surface area (Å²) in [5, 5.41) is 11.7. The van der Waals surface area contributed by atoms with Gasteiger partial charge in [0.05, 0.1) is 0 Å². The van der Waals surface area contributed by atoms with Gasteiger partial charge in [-0.2, -0.15) is 0 Å². The first-order chi connectivity index (χ1) is 7.02. The minimum absolute atomic E-state index is 0.00607. The fraction of sp³-hybridized carbons (Fsp3) is 0.300. The highest BCUT2D eigenvalue weighted by molar-refractivity contribution is 5.85. The molecule has 1 atom stereocenters. The molecule has 0 radical (unpaired) electrons. The molecule has 0 fully saturated rings. The molecule has 0 spiro atoms. The van der Waals surface area contributed by atoms with Gasteiger partial charge >= 0.3 is 5.97 Å². The van der Waals surface area contributed by atoms with Gasteiger partial charge in [-0.05, 0) is 19.9 Å². The molecular formula is C10H13N3O2. The van der Waals surface area contributed by atoms with Crippen LogP contribution in [0.4, 0.5) is 5.95 Å². The molecule has 1 heterocycles. The normalized spacial score (nSPS) is 11.9. The van der Waals surface area contributed by atoms with E-state index in [1.165, 1.54) is 6.07 Å². The van der Waals surface area contributed by atoms with Crippen molar-refractivity contribution in [1.82, 2.24) is 9.97 Å². The maximum atomic E-state index is 10.7. The predicted molar refractivity (Wildman–Crippen MR) is 57.0 cm³/mol. The van der Waals surface area contributed by atoms with Crippen LogP contribution in [0.2, 0.25) is 0 Å². The minimum Gasteiger partial charge on any atom is -0.477 e. The zero-order valence-electron chi connectivity index (χ0n) is 8.69. The Morgan fingerprint density at radius 1 is 1.67 bits per heavy atom. The van der Waals surface area contributed by atoms with Crippen molar-refractivity contribution in [2.45, 2.75) is 19.9 Å². The number of aromatic carboxylic acids is 1. The van der Waals surface area contributed by atoms with Crippen molar-refractivity contribution in [3.05, 3.63) is 30.1 Å². The maximum Gasteiger partial charge on any atom is 0.354 e. The molecule has 0 aromatic carbocycles. The van der Waals surface area contributed by atoms with Crippen molar-refractivity contribution in [2.75, 3.05) is 5.32 Å². The second kappa shape index (κ2) is 4.54. The molecule has 1 unspecified atom stereocenters. The Kier molecular flexibility index (Phi) is 3.38. The first-order valence-electron chi connectivity index (χ1n) is 4.51. The monoisotopic (exact) mass is 207 g/mol. The second-order valence-corrected chi connectivity index (χ2v) is 3.19. The molecule has 0 saturated carbocycles. The van der Waals surface area contributed by atoms with Crippen LogP contribution in [0.15, 0.2) is 18.7 Å². The summed E-state index contributed by atoms with van der Waals surface area (Å²) in [6, 6.07) is 1.42. The summed E-state index contributed by atoms with van der Waals surface area (Å²) in [7, 11) is 0. The van der Waals surface area contributed by atoms with Crippen molar-refractivity contribution in [2.24, 2.45) is 0 Å². The van der Waals surface area contributed by atoms with E-state index in [0.717, 1.165) is 0 Å². The fourth-order valence-electron chi connectivity index (χ4n) is 1.01. The summed E-state index contributed by atoms with van der Waals surface area (Å²) in [5.41, 5.74) is 0.599. The van der Waals surface area contributed by atoms with Gasteiger partial charge in [0.25, 0.3) is 0 Å². The Labute approximate surface area is 87.9 Å². The smallest absolute Gasteiger partial charge is 0.354 e. The molecule has 2 N–H and O–H groups in total. The molecule has 0 bridgehead atoms. The van der Waals surface area contributed by atoms with Gasteiger partial charge in [0.1, 0.15) is 0 Å². The highest BCUT2D eigenvalue weighted by Gasteiger charge is 2.09. The highest BCUT2D eigenvalue weighted by atomic mass is 16.4. The molecule has 5 nitrogen and oxygen atoms in total. The van der Waals surface area contributed by atoms with Gasteiger partial charge in [-0.1, -0.05) is 6.08 Å². The average molecular weight is 207 g/mol. The largest absolute Gasteiger partial charge is 0.477 e. The summed E-state index contributed by atoms with van der Waals surface area (Å²) in [5.74, 6) is -0.755. The van der Waals surface area contributed by atoms with Crippen LogP contribution < -0.4 is 5.32 Å². The minimum atomic E-state index is -1.06. The van der Waals surface area contributed by atoms with Crippen LogP contribution in [0.5, 0.6) is 0 Å². The molecule has 1 aromatic heterocycles. The maximum absolute atomic E-state index is 10.7. The number of carboxylic acid groups (broad SMARTS) is 1. The number of nitrogens with zero attached hydrogens (tertiary/aromatic N) is 2. The fourth-order valence-corrected chi connectivity index (χ4v) is 1.01. The summed E-state index contributed by atoms with van der Waals surface area (Å²) >= 11 is 0. The van der Waals surface area contributed by atoms with Crippen molar-refractivity contribution in [3.63, 3.8) is 0 Å². The number of anilines is 1. The SMILES string of the molecule is C=CC(C)Nc1nc(C)cc(C(=O)O)n1. The third-order valence-corrected chi connectivity index (χ3v) is 1.78. The summed E-state index contributed by atoms with van der Waals surface area (Å²) in [6.45, 7) is 7.20. The van der Waals surface area contributed by atoms with Crippen molar-refractivity contribution in [3.8, 4) is 0 Å². The van der Waals surface area contributed by atoms with Gasteiger partial charge in [-0.3, -0.25) is 0 Å². The average Bonchev–Trinajstić information content (AvgIpc) is 2.16. The van der Waals surface area contributed by atoms with Gasteiger partial charge in [-0.15, -0.1) is 6.58 Å². The van der Waals surface area contributed by atoms with E-state index in [9.17, 15) is 4.79 Å². The quantitative estimate of drug-likeness (QED) is 0.731.